The Balaban J connectivity index is 1.36. The Morgan fingerprint density at radius 2 is 0.620 bits per heavy atom. The van der Waals surface area contributed by atoms with Gasteiger partial charge in [0.05, 0.1) is 0 Å². The van der Waals surface area contributed by atoms with Crippen LogP contribution >= 0.6 is 0 Å². The smallest absolute Gasteiger partial charge is 0.0273 e. The Bertz CT molecular complexity index is 2610. The van der Waals surface area contributed by atoms with Gasteiger partial charge >= 0.3 is 0 Å². The van der Waals surface area contributed by atoms with Gasteiger partial charge in [-0.15, -0.1) is 0 Å². The van der Waals surface area contributed by atoms with Crippen molar-refractivity contribution >= 4 is 21.5 Å². The van der Waals surface area contributed by atoms with Gasteiger partial charge in [-0.2, -0.15) is 0 Å². The van der Waals surface area contributed by atoms with Crippen LogP contribution in [0, 0.1) is 0 Å². The molecule has 1 heterocycles. The van der Waals surface area contributed by atoms with Crippen molar-refractivity contribution < 1.29 is 0 Å². The molecule has 9 aromatic rings. The molecular formula is C49H33N. The first-order chi connectivity index (χ1) is 24.8. The van der Waals surface area contributed by atoms with E-state index in [1.807, 2.05) is 12.4 Å². The second-order valence-corrected chi connectivity index (χ2v) is 12.7. The third-order valence-electron chi connectivity index (χ3n) is 9.82. The highest BCUT2D eigenvalue weighted by atomic mass is 14.6. The highest BCUT2D eigenvalue weighted by Gasteiger charge is 2.21. The van der Waals surface area contributed by atoms with E-state index in [2.05, 4.69) is 193 Å². The van der Waals surface area contributed by atoms with Crippen LogP contribution in [0.4, 0.5) is 0 Å². The predicted octanol–water partition coefficient (Wildman–Crippen LogP) is 13.4. The quantitative estimate of drug-likeness (QED) is 0.166. The van der Waals surface area contributed by atoms with Crippen molar-refractivity contribution in [1.29, 1.82) is 0 Å². The monoisotopic (exact) mass is 635 g/mol. The maximum Gasteiger partial charge on any atom is 0.0273 e. The molecule has 1 heteroatoms. The molecule has 0 saturated heterocycles. The van der Waals surface area contributed by atoms with Gasteiger partial charge in [0.1, 0.15) is 0 Å². The highest BCUT2D eigenvalue weighted by Crippen LogP contribution is 2.48. The van der Waals surface area contributed by atoms with Crippen LogP contribution in [0.1, 0.15) is 0 Å². The van der Waals surface area contributed by atoms with E-state index < -0.39 is 0 Å². The summed E-state index contributed by atoms with van der Waals surface area (Å²) in [5.74, 6) is 0. The highest BCUT2D eigenvalue weighted by molar-refractivity contribution is 6.23. The fourth-order valence-electron chi connectivity index (χ4n) is 7.48. The molecule has 0 saturated carbocycles. The minimum absolute atomic E-state index is 1.16. The largest absolute Gasteiger partial charge is 0.265 e. The van der Waals surface area contributed by atoms with E-state index in [0.29, 0.717) is 0 Å². The topological polar surface area (TPSA) is 12.9 Å². The van der Waals surface area contributed by atoms with Crippen LogP contribution in [0.25, 0.3) is 88.3 Å². The van der Waals surface area contributed by atoms with E-state index >= 15 is 0 Å². The van der Waals surface area contributed by atoms with Gasteiger partial charge < -0.3 is 0 Å². The molecule has 0 spiro atoms. The first kappa shape index (κ1) is 29.6. The second-order valence-electron chi connectivity index (χ2n) is 12.7. The average molecular weight is 636 g/mol. The fourth-order valence-corrected chi connectivity index (χ4v) is 7.48. The number of hydrogen-bond acceptors (Lipinski definition) is 1. The van der Waals surface area contributed by atoms with Crippen molar-refractivity contribution in [3.05, 3.63) is 200 Å². The Hall–Kier alpha value is -6.57. The molecule has 50 heavy (non-hydrogen) atoms. The zero-order valence-corrected chi connectivity index (χ0v) is 27.5. The molecule has 1 aromatic heterocycles. The van der Waals surface area contributed by atoms with Gasteiger partial charge in [-0.25, -0.2) is 0 Å². The first-order valence-corrected chi connectivity index (χ1v) is 17.1. The van der Waals surface area contributed by atoms with Crippen LogP contribution in [0.2, 0.25) is 0 Å². The first-order valence-electron chi connectivity index (χ1n) is 17.1. The lowest BCUT2D eigenvalue weighted by Crippen LogP contribution is -1.94. The Kier molecular flexibility index (Phi) is 7.57. The molecule has 0 aliphatic carbocycles. The molecule has 8 aromatic carbocycles. The molecule has 0 aliphatic heterocycles. The van der Waals surface area contributed by atoms with Crippen LogP contribution in [0.5, 0.6) is 0 Å². The van der Waals surface area contributed by atoms with Gasteiger partial charge in [0, 0.05) is 12.4 Å². The summed E-state index contributed by atoms with van der Waals surface area (Å²) in [7, 11) is 0. The Morgan fingerprint density at radius 1 is 0.240 bits per heavy atom. The minimum Gasteiger partial charge on any atom is -0.265 e. The van der Waals surface area contributed by atoms with Crippen LogP contribution in [-0.4, -0.2) is 4.98 Å². The van der Waals surface area contributed by atoms with Crippen LogP contribution in [0.3, 0.4) is 0 Å². The van der Waals surface area contributed by atoms with Crippen molar-refractivity contribution in [2.24, 2.45) is 0 Å². The van der Waals surface area contributed by atoms with E-state index in [1.54, 1.807) is 0 Å². The van der Waals surface area contributed by atoms with Gasteiger partial charge in [0.25, 0.3) is 0 Å². The zero-order chi connectivity index (χ0) is 33.3. The Labute approximate surface area is 292 Å². The summed E-state index contributed by atoms with van der Waals surface area (Å²) in [5, 5.41) is 4.96. The fraction of sp³-hybridized carbons (Fsp3) is 0. The molecule has 9 rings (SSSR count). The van der Waals surface area contributed by atoms with Crippen molar-refractivity contribution in [1.82, 2.24) is 4.98 Å². The standard InChI is InChI=1S/C49H33N/c1-3-13-37(14-4-1)40-17-7-9-19-42(40)48-44-21-11-12-22-45(44)49(43-20-10-8-18-41(43)38-15-5-2-6-16-38)47-33-39(27-28-46(47)48)35-25-23-34(24-26-35)36-29-31-50-32-30-36/h1-33H. The second kappa shape index (κ2) is 12.8. The summed E-state index contributed by atoms with van der Waals surface area (Å²) in [5.41, 5.74) is 14.6. The lowest BCUT2D eigenvalue weighted by molar-refractivity contribution is 1.33. The molecule has 0 aliphatic rings. The van der Waals surface area contributed by atoms with Gasteiger partial charge in [-0.1, -0.05) is 170 Å². The molecule has 1 nitrogen and oxygen atoms in total. The van der Waals surface area contributed by atoms with E-state index in [9.17, 15) is 0 Å². The van der Waals surface area contributed by atoms with Gasteiger partial charge in [0.2, 0.25) is 0 Å². The van der Waals surface area contributed by atoms with Crippen molar-refractivity contribution in [3.8, 4) is 66.8 Å². The summed E-state index contributed by atoms with van der Waals surface area (Å²) >= 11 is 0. The maximum atomic E-state index is 4.20. The lowest BCUT2D eigenvalue weighted by Gasteiger charge is -2.21. The maximum absolute atomic E-state index is 4.20. The number of nitrogens with zero attached hydrogens (tertiary/aromatic N) is 1. The SMILES string of the molecule is c1ccc(-c2ccccc2-c2c3ccccc3c(-c3ccccc3-c3ccccc3)c3cc(-c4ccc(-c5ccncc5)cc4)ccc23)cc1. The molecular weight excluding hydrogens is 603 g/mol. The van der Waals surface area contributed by atoms with E-state index in [0.717, 1.165) is 5.56 Å². The summed E-state index contributed by atoms with van der Waals surface area (Å²) in [6, 6.07) is 68.2. The summed E-state index contributed by atoms with van der Waals surface area (Å²) in [6.07, 6.45) is 3.69. The summed E-state index contributed by atoms with van der Waals surface area (Å²) in [4.78, 5) is 4.20. The Morgan fingerprint density at radius 3 is 1.16 bits per heavy atom. The normalized spacial score (nSPS) is 11.2. The van der Waals surface area contributed by atoms with E-state index in [1.165, 1.54) is 82.7 Å². The molecule has 0 atom stereocenters. The van der Waals surface area contributed by atoms with Crippen LogP contribution in [-0.2, 0) is 0 Å². The third kappa shape index (κ3) is 5.26. The van der Waals surface area contributed by atoms with Crippen molar-refractivity contribution in [2.45, 2.75) is 0 Å². The number of rotatable bonds is 6. The van der Waals surface area contributed by atoms with Crippen molar-refractivity contribution in [3.63, 3.8) is 0 Å². The van der Waals surface area contributed by atoms with Crippen molar-refractivity contribution in [2.75, 3.05) is 0 Å². The van der Waals surface area contributed by atoms with Gasteiger partial charge in [-0.3, -0.25) is 4.98 Å². The molecule has 0 fully saturated rings. The number of benzene rings is 8. The zero-order valence-electron chi connectivity index (χ0n) is 27.5. The van der Waals surface area contributed by atoms with Crippen LogP contribution in [0.15, 0.2) is 200 Å². The third-order valence-corrected chi connectivity index (χ3v) is 9.82. The minimum atomic E-state index is 1.16. The average Bonchev–Trinajstić information content (AvgIpc) is 3.21. The van der Waals surface area contributed by atoms with Gasteiger partial charge in [-0.05, 0) is 107 Å². The van der Waals surface area contributed by atoms with Gasteiger partial charge in [0.15, 0.2) is 0 Å². The molecule has 0 amide bonds. The molecule has 0 N–H and O–H groups in total. The van der Waals surface area contributed by atoms with Crippen LogP contribution < -0.4 is 0 Å². The lowest BCUT2D eigenvalue weighted by atomic mass is 9.81. The number of aromatic nitrogens is 1. The summed E-state index contributed by atoms with van der Waals surface area (Å²) < 4.78 is 0. The van der Waals surface area contributed by atoms with E-state index in [4.69, 9.17) is 0 Å². The predicted molar refractivity (Wildman–Crippen MR) is 212 cm³/mol. The molecule has 234 valence electrons. The molecule has 0 unspecified atom stereocenters. The number of hydrogen-bond donors (Lipinski definition) is 0. The number of fused-ring (bicyclic) bond motifs is 2. The molecule has 0 radical (unpaired) electrons. The number of pyridine rings is 1. The van der Waals surface area contributed by atoms with E-state index in [-0.39, 0.29) is 0 Å². The summed E-state index contributed by atoms with van der Waals surface area (Å²) in [6.45, 7) is 0. The molecule has 0 bridgehead atoms.